The van der Waals surface area contributed by atoms with E-state index >= 15 is 0 Å². The van der Waals surface area contributed by atoms with Crippen molar-refractivity contribution in [3.63, 3.8) is 0 Å². The van der Waals surface area contributed by atoms with E-state index in [2.05, 4.69) is 19.4 Å². The van der Waals surface area contributed by atoms with E-state index in [9.17, 15) is 18.3 Å². The van der Waals surface area contributed by atoms with E-state index in [0.29, 0.717) is 5.92 Å². The minimum atomic E-state index is -3.95. The predicted octanol–water partition coefficient (Wildman–Crippen LogP) is 2.36. The number of amides is 1. The third-order valence-electron chi connectivity index (χ3n) is 4.76. The molecule has 1 aromatic heterocycles. The molecule has 0 bridgehead atoms. The fraction of sp³-hybridized carbons (Fsp3) is 0.316. The first-order valence-electron chi connectivity index (χ1n) is 9.30. The smallest absolute Gasteiger partial charge is 0.345 e. The molecule has 2 aromatic rings. The van der Waals surface area contributed by atoms with Gasteiger partial charge in [-0.05, 0) is 42.3 Å². The summed E-state index contributed by atoms with van der Waals surface area (Å²) in [6.45, 7) is 0. The second kappa shape index (κ2) is 7.73. The molecule has 1 aliphatic carbocycles. The zero-order valence-corrected chi connectivity index (χ0v) is 18.0. The standard InChI is InChI=1S/C19H21N5O4S2/c1-24(2)19(26)12-5-3-6-13(16(12)25)20-17-18(23-30(27,28)22-17)21-15(11-8-9-11)14-7-4-10-29-14/h3-7,10-11,15,25H,8-9H2,1-2H3,(H,20,22)(H,21,23)/t15-/m1/s1. The third kappa shape index (κ3) is 4.17. The maximum Gasteiger partial charge on any atom is 0.345 e. The quantitative estimate of drug-likeness (QED) is 0.607. The van der Waals surface area contributed by atoms with Crippen molar-refractivity contribution in [3.8, 4) is 5.75 Å². The van der Waals surface area contributed by atoms with Crippen LogP contribution < -0.4 is 10.0 Å². The molecule has 0 saturated heterocycles. The number of aliphatic imine (C=N–C) groups is 1. The number of nitrogens with one attached hydrogen (secondary N) is 2. The van der Waals surface area contributed by atoms with Gasteiger partial charge < -0.3 is 15.3 Å². The number of hydrogen-bond acceptors (Lipinski definition) is 7. The maximum atomic E-state index is 12.3. The molecule has 0 unspecified atom stereocenters. The van der Waals surface area contributed by atoms with Gasteiger partial charge in [0.2, 0.25) is 0 Å². The molecule has 1 atom stereocenters. The van der Waals surface area contributed by atoms with Crippen LogP contribution >= 0.6 is 11.3 Å². The lowest BCUT2D eigenvalue weighted by molar-refractivity contribution is 0.0824. The number of benzene rings is 1. The molecule has 1 saturated carbocycles. The van der Waals surface area contributed by atoms with Crippen LogP contribution in [0.25, 0.3) is 0 Å². The van der Waals surface area contributed by atoms with Gasteiger partial charge in [0.25, 0.3) is 5.91 Å². The van der Waals surface area contributed by atoms with E-state index < -0.39 is 10.2 Å². The van der Waals surface area contributed by atoms with E-state index in [0.717, 1.165) is 17.7 Å². The van der Waals surface area contributed by atoms with Crippen LogP contribution in [0.5, 0.6) is 5.75 Å². The van der Waals surface area contributed by atoms with Crippen molar-refractivity contribution in [2.24, 2.45) is 15.3 Å². The molecule has 0 spiro atoms. The number of amidine groups is 2. The van der Waals surface area contributed by atoms with E-state index in [1.54, 1.807) is 31.5 Å². The number of hydrogen-bond donors (Lipinski definition) is 3. The molecule has 2 aliphatic rings. The summed E-state index contributed by atoms with van der Waals surface area (Å²) in [5.41, 5.74) is 0.250. The number of carbonyl (C=O) groups excluding carboxylic acids is 1. The number of thiophene rings is 1. The van der Waals surface area contributed by atoms with Gasteiger partial charge in [0, 0.05) is 19.0 Å². The SMILES string of the molecule is CN(C)C(=O)c1cccc(NC2=NS(=O)(=O)NC2=N[C@@H](c2cccs2)C2CC2)c1O. The lowest BCUT2D eigenvalue weighted by Crippen LogP contribution is -2.31. The van der Waals surface area contributed by atoms with Crippen LogP contribution in [0.15, 0.2) is 45.1 Å². The molecule has 2 heterocycles. The van der Waals surface area contributed by atoms with Gasteiger partial charge in [-0.15, -0.1) is 15.7 Å². The van der Waals surface area contributed by atoms with Crippen LogP contribution in [-0.4, -0.2) is 50.1 Å². The number of aromatic hydroxyl groups is 1. The second-order valence-electron chi connectivity index (χ2n) is 7.32. The zero-order chi connectivity index (χ0) is 21.5. The molecule has 0 radical (unpaired) electrons. The van der Waals surface area contributed by atoms with Crippen LogP contribution in [-0.2, 0) is 10.2 Å². The van der Waals surface area contributed by atoms with Crippen LogP contribution in [0.4, 0.5) is 5.69 Å². The summed E-state index contributed by atoms with van der Waals surface area (Å²) >= 11 is 1.57. The van der Waals surface area contributed by atoms with Crippen molar-refractivity contribution in [1.82, 2.24) is 9.62 Å². The van der Waals surface area contributed by atoms with Gasteiger partial charge in [-0.2, -0.15) is 8.42 Å². The van der Waals surface area contributed by atoms with Crippen molar-refractivity contribution in [2.75, 3.05) is 19.4 Å². The zero-order valence-electron chi connectivity index (χ0n) is 16.4. The first-order chi connectivity index (χ1) is 14.2. The van der Waals surface area contributed by atoms with Gasteiger partial charge >= 0.3 is 10.2 Å². The largest absolute Gasteiger partial charge is 0.505 e. The maximum absolute atomic E-state index is 12.3. The van der Waals surface area contributed by atoms with Crippen molar-refractivity contribution in [3.05, 3.63) is 46.2 Å². The Labute approximate surface area is 178 Å². The predicted molar refractivity (Wildman–Crippen MR) is 116 cm³/mol. The molecule has 158 valence electrons. The first kappa shape index (κ1) is 20.4. The van der Waals surface area contributed by atoms with E-state index in [-0.39, 0.29) is 40.6 Å². The average Bonchev–Trinajstić information content (AvgIpc) is 3.29. The molecular weight excluding hydrogens is 426 g/mol. The molecule has 3 N–H and O–H groups in total. The Morgan fingerprint density at radius 2 is 2.10 bits per heavy atom. The molecule has 11 heteroatoms. The average molecular weight is 448 g/mol. The summed E-state index contributed by atoms with van der Waals surface area (Å²) in [6.07, 6.45) is 2.06. The molecule has 9 nitrogen and oxygen atoms in total. The number of carbonyl (C=O) groups is 1. The lowest BCUT2D eigenvalue weighted by atomic mass is 10.1. The van der Waals surface area contributed by atoms with E-state index in [1.807, 2.05) is 17.5 Å². The Balaban J connectivity index is 1.67. The van der Waals surface area contributed by atoms with Crippen molar-refractivity contribution in [1.29, 1.82) is 0 Å². The monoisotopic (exact) mass is 447 g/mol. The Hall–Kier alpha value is -2.92. The summed E-state index contributed by atoms with van der Waals surface area (Å²) < 4.78 is 30.3. The molecule has 30 heavy (non-hydrogen) atoms. The van der Waals surface area contributed by atoms with Gasteiger partial charge in [-0.1, -0.05) is 12.1 Å². The molecule has 1 fully saturated rings. The van der Waals surface area contributed by atoms with E-state index in [4.69, 9.17) is 0 Å². The van der Waals surface area contributed by atoms with Crippen LogP contribution in [0.2, 0.25) is 0 Å². The molecular formula is C19H21N5O4S2. The van der Waals surface area contributed by atoms with Crippen LogP contribution in [0.3, 0.4) is 0 Å². The van der Waals surface area contributed by atoms with Gasteiger partial charge in [-0.25, -0.2) is 4.72 Å². The normalized spacial score (nSPS) is 19.8. The number of para-hydroxylation sites is 1. The molecule has 1 aromatic carbocycles. The van der Waals surface area contributed by atoms with Gasteiger partial charge in [0.1, 0.15) is 0 Å². The summed E-state index contributed by atoms with van der Waals surface area (Å²) in [5, 5.41) is 15.3. The minimum Gasteiger partial charge on any atom is -0.505 e. The highest BCUT2D eigenvalue weighted by atomic mass is 32.2. The summed E-state index contributed by atoms with van der Waals surface area (Å²) in [6, 6.07) is 8.36. The lowest BCUT2D eigenvalue weighted by Gasteiger charge is -2.15. The molecule has 1 amide bonds. The summed E-state index contributed by atoms with van der Waals surface area (Å²) in [4.78, 5) is 19.3. The topological polar surface area (TPSA) is 123 Å². The minimum absolute atomic E-state index is 0.0260. The number of phenols is 1. The molecule has 1 aliphatic heterocycles. The summed E-state index contributed by atoms with van der Waals surface area (Å²) in [7, 11) is -0.794. The van der Waals surface area contributed by atoms with Crippen LogP contribution in [0, 0.1) is 5.92 Å². The Kier molecular flexibility index (Phi) is 5.24. The Morgan fingerprint density at radius 3 is 2.73 bits per heavy atom. The van der Waals surface area contributed by atoms with Crippen molar-refractivity contribution < 1.29 is 18.3 Å². The van der Waals surface area contributed by atoms with Gasteiger partial charge in [0.15, 0.2) is 17.4 Å². The number of phenolic OH excluding ortho intramolecular Hbond substituents is 1. The van der Waals surface area contributed by atoms with E-state index in [1.165, 1.54) is 17.0 Å². The van der Waals surface area contributed by atoms with Gasteiger partial charge in [-0.3, -0.25) is 9.79 Å². The highest BCUT2D eigenvalue weighted by Crippen LogP contribution is 2.45. The number of nitrogens with zero attached hydrogens (tertiary/aromatic N) is 3. The number of rotatable bonds is 5. The van der Waals surface area contributed by atoms with Crippen molar-refractivity contribution >= 4 is 44.8 Å². The first-order valence-corrected chi connectivity index (χ1v) is 11.6. The highest BCUT2D eigenvalue weighted by Gasteiger charge is 2.36. The van der Waals surface area contributed by atoms with Crippen molar-refractivity contribution in [2.45, 2.75) is 18.9 Å². The second-order valence-corrected chi connectivity index (χ2v) is 9.63. The fourth-order valence-electron chi connectivity index (χ4n) is 3.12. The molecule has 4 rings (SSSR count). The summed E-state index contributed by atoms with van der Waals surface area (Å²) in [5.74, 6) is -0.252. The Bertz CT molecular complexity index is 1140. The van der Waals surface area contributed by atoms with Gasteiger partial charge in [0.05, 0.1) is 17.3 Å². The fourth-order valence-corrected chi connectivity index (χ4v) is 4.79. The number of anilines is 1. The highest BCUT2D eigenvalue weighted by molar-refractivity contribution is 7.89. The third-order valence-corrected chi connectivity index (χ3v) is 6.58. The van der Waals surface area contributed by atoms with Crippen LogP contribution in [0.1, 0.15) is 34.1 Å². The Morgan fingerprint density at radius 1 is 1.33 bits per heavy atom.